The van der Waals surface area contributed by atoms with Crippen LogP contribution in [-0.4, -0.2) is 22.9 Å². The molecule has 1 saturated carbocycles. The van der Waals surface area contributed by atoms with Crippen LogP contribution >= 0.6 is 0 Å². The van der Waals surface area contributed by atoms with Crippen LogP contribution in [0.25, 0.3) is 0 Å². The van der Waals surface area contributed by atoms with Gasteiger partial charge in [0.2, 0.25) is 5.89 Å². The molecule has 1 unspecified atom stereocenters. The van der Waals surface area contributed by atoms with Crippen molar-refractivity contribution in [2.75, 3.05) is 6.61 Å². The average molecular weight is 197 g/mol. The number of aromatic nitrogens is 2. The van der Waals surface area contributed by atoms with Gasteiger partial charge in [0.25, 0.3) is 0 Å². The Hall–Kier alpha value is -0.940. The first-order valence-corrected chi connectivity index (χ1v) is 4.93. The summed E-state index contributed by atoms with van der Waals surface area (Å²) in [6.45, 7) is 2.22. The molecule has 1 aromatic rings. The quantitative estimate of drug-likeness (QED) is 0.777. The van der Waals surface area contributed by atoms with Gasteiger partial charge < -0.3 is 15.0 Å². The summed E-state index contributed by atoms with van der Waals surface area (Å²) < 4.78 is 10.4. The standard InChI is InChI=1S/C9H15N3O2/c1-6-11-9(12-14-6)8(10)5-13-7-3-2-4-7/h7-8H,2-5,10H2,1H3. The normalized spacial score (nSPS) is 19.3. The first-order chi connectivity index (χ1) is 6.75. The van der Waals surface area contributed by atoms with Gasteiger partial charge in [-0.3, -0.25) is 0 Å². The van der Waals surface area contributed by atoms with Crippen molar-refractivity contribution in [2.24, 2.45) is 5.73 Å². The summed E-state index contributed by atoms with van der Waals surface area (Å²) in [5, 5.41) is 3.75. The van der Waals surface area contributed by atoms with Crippen LogP contribution in [0.3, 0.4) is 0 Å². The van der Waals surface area contributed by atoms with E-state index in [0.717, 1.165) is 12.8 Å². The summed E-state index contributed by atoms with van der Waals surface area (Å²) in [6, 6.07) is -0.270. The molecule has 1 aliphatic rings. The van der Waals surface area contributed by atoms with E-state index in [1.54, 1.807) is 6.92 Å². The summed E-state index contributed by atoms with van der Waals surface area (Å²) in [5.74, 6) is 1.07. The number of aryl methyl sites for hydroxylation is 1. The van der Waals surface area contributed by atoms with E-state index in [-0.39, 0.29) is 6.04 Å². The lowest BCUT2D eigenvalue weighted by molar-refractivity contribution is -0.00549. The molecule has 1 atom stereocenters. The molecule has 0 radical (unpaired) electrons. The Kier molecular flexibility index (Phi) is 2.79. The second kappa shape index (κ2) is 4.06. The van der Waals surface area contributed by atoms with Gasteiger partial charge in [-0.25, -0.2) is 0 Å². The van der Waals surface area contributed by atoms with Gasteiger partial charge >= 0.3 is 0 Å². The zero-order valence-corrected chi connectivity index (χ0v) is 8.27. The Balaban J connectivity index is 1.79. The van der Waals surface area contributed by atoms with Gasteiger partial charge in [0.05, 0.1) is 18.8 Å². The number of hydrogen-bond acceptors (Lipinski definition) is 5. The largest absolute Gasteiger partial charge is 0.376 e. The summed E-state index contributed by atoms with van der Waals surface area (Å²) in [5.41, 5.74) is 5.83. The third-order valence-electron chi connectivity index (χ3n) is 2.44. The maximum absolute atomic E-state index is 5.83. The molecule has 1 aliphatic carbocycles. The third kappa shape index (κ3) is 2.10. The van der Waals surface area contributed by atoms with E-state index in [4.69, 9.17) is 15.0 Å². The highest BCUT2D eigenvalue weighted by Gasteiger charge is 2.20. The zero-order valence-electron chi connectivity index (χ0n) is 8.27. The first kappa shape index (κ1) is 9.61. The molecule has 0 saturated heterocycles. The van der Waals surface area contributed by atoms with Crippen molar-refractivity contribution in [1.82, 2.24) is 10.1 Å². The second-order valence-corrected chi connectivity index (χ2v) is 3.66. The molecule has 0 spiro atoms. The minimum Gasteiger partial charge on any atom is -0.376 e. The minimum absolute atomic E-state index is 0.270. The molecule has 0 aromatic carbocycles. The predicted molar refractivity (Wildman–Crippen MR) is 49.6 cm³/mol. The van der Waals surface area contributed by atoms with Gasteiger partial charge in [-0.05, 0) is 19.3 Å². The van der Waals surface area contributed by atoms with Crippen LogP contribution in [-0.2, 0) is 4.74 Å². The molecule has 5 heteroatoms. The van der Waals surface area contributed by atoms with Crippen molar-refractivity contribution in [3.05, 3.63) is 11.7 Å². The molecule has 2 N–H and O–H groups in total. The fourth-order valence-corrected chi connectivity index (χ4v) is 1.32. The van der Waals surface area contributed by atoms with E-state index in [2.05, 4.69) is 10.1 Å². The second-order valence-electron chi connectivity index (χ2n) is 3.66. The Morgan fingerprint density at radius 2 is 2.43 bits per heavy atom. The molecule has 0 amide bonds. The third-order valence-corrected chi connectivity index (χ3v) is 2.44. The summed E-state index contributed by atoms with van der Waals surface area (Å²) >= 11 is 0. The van der Waals surface area contributed by atoms with Gasteiger partial charge in [0.1, 0.15) is 0 Å². The Morgan fingerprint density at radius 1 is 1.64 bits per heavy atom. The lowest BCUT2D eigenvalue weighted by atomic mass is 9.96. The van der Waals surface area contributed by atoms with E-state index in [9.17, 15) is 0 Å². The van der Waals surface area contributed by atoms with E-state index in [1.165, 1.54) is 6.42 Å². The Morgan fingerprint density at radius 3 is 2.93 bits per heavy atom. The van der Waals surface area contributed by atoms with Crippen LogP contribution in [0.1, 0.15) is 37.0 Å². The highest BCUT2D eigenvalue weighted by Crippen LogP contribution is 2.22. The van der Waals surface area contributed by atoms with E-state index in [1.807, 2.05) is 0 Å². The molecule has 14 heavy (non-hydrogen) atoms. The molecule has 0 bridgehead atoms. The van der Waals surface area contributed by atoms with Crippen molar-refractivity contribution >= 4 is 0 Å². The van der Waals surface area contributed by atoms with Crippen LogP contribution in [0, 0.1) is 6.92 Å². The monoisotopic (exact) mass is 197 g/mol. The van der Waals surface area contributed by atoms with Gasteiger partial charge in [-0.1, -0.05) is 5.16 Å². The smallest absolute Gasteiger partial charge is 0.223 e. The van der Waals surface area contributed by atoms with Crippen molar-refractivity contribution in [1.29, 1.82) is 0 Å². The van der Waals surface area contributed by atoms with E-state index >= 15 is 0 Å². The summed E-state index contributed by atoms with van der Waals surface area (Å²) in [6.07, 6.45) is 3.96. The molecule has 1 heterocycles. The first-order valence-electron chi connectivity index (χ1n) is 4.93. The molecule has 2 rings (SSSR count). The van der Waals surface area contributed by atoms with Crippen LogP contribution in [0.2, 0.25) is 0 Å². The van der Waals surface area contributed by atoms with Crippen LogP contribution in [0.4, 0.5) is 0 Å². The fraction of sp³-hybridized carbons (Fsp3) is 0.778. The number of nitrogens with zero attached hydrogens (tertiary/aromatic N) is 2. The highest BCUT2D eigenvalue weighted by molar-refractivity contribution is 4.91. The number of nitrogens with two attached hydrogens (primary N) is 1. The zero-order chi connectivity index (χ0) is 9.97. The van der Waals surface area contributed by atoms with Crippen LogP contribution < -0.4 is 5.73 Å². The molecular weight excluding hydrogens is 182 g/mol. The van der Waals surface area contributed by atoms with Crippen molar-refractivity contribution in [3.63, 3.8) is 0 Å². The molecule has 1 fully saturated rings. The maximum atomic E-state index is 5.83. The Bertz CT molecular complexity index is 296. The lowest BCUT2D eigenvalue weighted by Crippen LogP contribution is -2.27. The van der Waals surface area contributed by atoms with Crippen molar-refractivity contribution in [2.45, 2.75) is 38.3 Å². The number of hydrogen-bond donors (Lipinski definition) is 1. The summed E-state index contributed by atoms with van der Waals surface area (Å²) in [4.78, 5) is 4.05. The van der Waals surface area contributed by atoms with Crippen LogP contribution in [0.5, 0.6) is 0 Å². The van der Waals surface area contributed by atoms with Gasteiger partial charge in [-0.2, -0.15) is 4.98 Å². The number of rotatable bonds is 4. The SMILES string of the molecule is Cc1nc(C(N)COC2CCC2)no1. The van der Waals surface area contributed by atoms with Crippen molar-refractivity contribution < 1.29 is 9.26 Å². The van der Waals surface area contributed by atoms with E-state index in [0.29, 0.717) is 24.4 Å². The minimum atomic E-state index is -0.270. The van der Waals surface area contributed by atoms with Gasteiger partial charge in [-0.15, -0.1) is 0 Å². The number of ether oxygens (including phenoxy) is 1. The fourth-order valence-electron chi connectivity index (χ4n) is 1.32. The molecule has 1 aromatic heterocycles. The topological polar surface area (TPSA) is 74.2 Å². The maximum Gasteiger partial charge on any atom is 0.223 e. The molecule has 0 aliphatic heterocycles. The molecular formula is C9H15N3O2. The van der Waals surface area contributed by atoms with Gasteiger partial charge in [0.15, 0.2) is 5.82 Å². The van der Waals surface area contributed by atoms with E-state index < -0.39 is 0 Å². The highest BCUT2D eigenvalue weighted by atomic mass is 16.5. The molecule has 5 nitrogen and oxygen atoms in total. The lowest BCUT2D eigenvalue weighted by Gasteiger charge is -2.26. The van der Waals surface area contributed by atoms with Crippen LogP contribution in [0.15, 0.2) is 4.52 Å². The molecule has 78 valence electrons. The average Bonchev–Trinajstić information content (AvgIpc) is 2.49. The predicted octanol–water partition coefficient (Wildman–Crippen LogP) is 0.947. The Labute approximate surface area is 82.6 Å². The van der Waals surface area contributed by atoms with Gasteiger partial charge in [0, 0.05) is 6.92 Å². The van der Waals surface area contributed by atoms with Crippen molar-refractivity contribution in [3.8, 4) is 0 Å². The summed E-state index contributed by atoms with van der Waals surface area (Å²) in [7, 11) is 0.